The lowest BCUT2D eigenvalue weighted by Gasteiger charge is -2.44. The quantitative estimate of drug-likeness (QED) is 0.340. The molecular formula is C30H30N6OS. The van der Waals surface area contributed by atoms with Crippen molar-refractivity contribution in [3.05, 3.63) is 70.7 Å². The number of benzene rings is 2. The van der Waals surface area contributed by atoms with Gasteiger partial charge in [0.25, 0.3) is 0 Å². The molecule has 0 radical (unpaired) electrons. The van der Waals surface area contributed by atoms with E-state index < -0.39 is 5.54 Å². The van der Waals surface area contributed by atoms with Crippen molar-refractivity contribution in [2.75, 3.05) is 20.1 Å². The first kappa shape index (κ1) is 23.4. The maximum atomic E-state index is 12.7. The number of piperazine rings is 1. The minimum absolute atomic E-state index is 0.187. The van der Waals surface area contributed by atoms with Crippen molar-refractivity contribution < 1.29 is 4.79 Å². The summed E-state index contributed by atoms with van der Waals surface area (Å²) in [4.78, 5) is 19.4. The number of aryl methyl sites for hydroxylation is 1. The number of carbonyl (C=O) groups is 1. The van der Waals surface area contributed by atoms with Gasteiger partial charge in [-0.1, -0.05) is 36.4 Å². The Morgan fingerprint density at radius 2 is 1.82 bits per heavy atom. The molecule has 1 fully saturated rings. The van der Waals surface area contributed by atoms with Gasteiger partial charge in [-0.25, -0.2) is 0 Å². The van der Waals surface area contributed by atoms with E-state index in [2.05, 4.69) is 63.6 Å². The number of fused-ring (bicyclic) bond motifs is 4. The predicted molar refractivity (Wildman–Crippen MR) is 152 cm³/mol. The van der Waals surface area contributed by atoms with Crippen molar-refractivity contribution in [3.63, 3.8) is 0 Å². The number of nitrogens with one attached hydrogen (secondary N) is 1. The number of amides is 1. The Morgan fingerprint density at radius 1 is 1.03 bits per heavy atom. The van der Waals surface area contributed by atoms with E-state index in [4.69, 9.17) is 5.10 Å². The molecule has 38 heavy (non-hydrogen) atoms. The Hall–Kier alpha value is -3.75. The summed E-state index contributed by atoms with van der Waals surface area (Å²) in [5.74, 6) is 0.187. The number of nitrogens with zero attached hydrogens (tertiary/aromatic N) is 5. The van der Waals surface area contributed by atoms with Crippen molar-refractivity contribution in [1.29, 1.82) is 0 Å². The van der Waals surface area contributed by atoms with Crippen molar-refractivity contribution in [2.45, 2.75) is 32.4 Å². The monoisotopic (exact) mass is 522 g/mol. The number of rotatable bonds is 4. The lowest BCUT2D eigenvalue weighted by atomic mass is 9.96. The Kier molecular flexibility index (Phi) is 5.15. The normalized spacial score (nSPS) is 16.8. The van der Waals surface area contributed by atoms with Crippen LogP contribution in [0.4, 0.5) is 0 Å². The van der Waals surface area contributed by atoms with Crippen molar-refractivity contribution in [1.82, 2.24) is 29.8 Å². The van der Waals surface area contributed by atoms with Gasteiger partial charge in [-0.3, -0.25) is 19.5 Å². The van der Waals surface area contributed by atoms with Crippen LogP contribution in [0.2, 0.25) is 0 Å². The molecule has 0 bridgehead atoms. The van der Waals surface area contributed by atoms with Crippen LogP contribution in [0.5, 0.6) is 0 Å². The Bertz CT molecular complexity index is 1710. The van der Waals surface area contributed by atoms with Crippen LogP contribution in [0, 0.1) is 0 Å². The number of hydrogen-bond acceptors (Lipinski definition) is 5. The number of hydrogen-bond donors (Lipinski definition) is 1. The third kappa shape index (κ3) is 3.55. The maximum absolute atomic E-state index is 12.7. The lowest BCUT2D eigenvalue weighted by molar-refractivity contribution is -0.147. The van der Waals surface area contributed by atoms with E-state index in [1.54, 1.807) is 0 Å². The molecule has 4 heterocycles. The summed E-state index contributed by atoms with van der Waals surface area (Å²) in [6.07, 6.45) is 2.79. The van der Waals surface area contributed by atoms with E-state index in [0.717, 1.165) is 53.9 Å². The van der Waals surface area contributed by atoms with E-state index in [1.165, 1.54) is 32.0 Å². The minimum atomic E-state index is -0.482. The number of H-pyrrole nitrogens is 1. The van der Waals surface area contributed by atoms with Gasteiger partial charge in [0.1, 0.15) is 0 Å². The van der Waals surface area contributed by atoms with Crippen LogP contribution in [0.15, 0.2) is 54.7 Å². The third-order valence-corrected chi connectivity index (χ3v) is 9.47. The van der Waals surface area contributed by atoms with E-state index in [1.807, 2.05) is 55.1 Å². The highest BCUT2D eigenvalue weighted by atomic mass is 32.1. The molecule has 1 aliphatic heterocycles. The molecule has 2 aliphatic rings. The summed E-state index contributed by atoms with van der Waals surface area (Å²) in [6.45, 7) is 6.49. The first-order valence-corrected chi connectivity index (χ1v) is 13.8. The molecule has 8 heteroatoms. The molecule has 7 nitrogen and oxygen atoms in total. The molecule has 0 spiro atoms. The van der Waals surface area contributed by atoms with Crippen LogP contribution in [-0.2, 0) is 24.8 Å². The standard InChI is InChI=1S/C30H30N6OS/c1-30(2)29(37)34(3)11-12-36(30)17-18-5-7-19(8-6-18)25-14-22-26(38-25)15-23-27(32-33-28(22)23)20-9-10-21-16-31-35(4)24(21)13-20/h5-10,13-14,16H,11-12,15,17H2,1-4H3,(H,32,33). The fourth-order valence-corrected chi connectivity index (χ4v) is 7.07. The molecule has 192 valence electrons. The fraction of sp³-hybridized carbons (Fsp3) is 0.300. The van der Waals surface area contributed by atoms with Gasteiger partial charge < -0.3 is 4.90 Å². The second kappa shape index (κ2) is 8.38. The Morgan fingerprint density at radius 3 is 2.63 bits per heavy atom. The summed E-state index contributed by atoms with van der Waals surface area (Å²) < 4.78 is 1.91. The number of carbonyl (C=O) groups excluding carboxylic acids is 1. The molecule has 0 unspecified atom stereocenters. The number of thiophene rings is 1. The second-order valence-electron chi connectivity index (χ2n) is 11.0. The van der Waals surface area contributed by atoms with Crippen LogP contribution in [-0.4, -0.2) is 61.4 Å². The molecule has 1 N–H and O–H groups in total. The highest BCUT2D eigenvalue weighted by Gasteiger charge is 2.40. The van der Waals surface area contributed by atoms with Crippen LogP contribution in [0.1, 0.15) is 29.9 Å². The first-order chi connectivity index (χ1) is 18.3. The van der Waals surface area contributed by atoms with Gasteiger partial charge >= 0.3 is 0 Å². The Balaban J connectivity index is 1.12. The fourth-order valence-electron chi connectivity index (χ4n) is 5.89. The predicted octanol–water partition coefficient (Wildman–Crippen LogP) is 5.32. The lowest BCUT2D eigenvalue weighted by Crippen LogP contribution is -2.61. The van der Waals surface area contributed by atoms with Gasteiger partial charge in [0.2, 0.25) is 5.91 Å². The molecule has 1 aliphatic carbocycles. The molecule has 3 aromatic heterocycles. The highest BCUT2D eigenvalue weighted by Crippen LogP contribution is 2.46. The highest BCUT2D eigenvalue weighted by molar-refractivity contribution is 7.16. The average molecular weight is 523 g/mol. The van der Waals surface area contributed by atoms with Gasteiger partial charge in [0.05, 0.1) is 28.6 Å². The summed E-state index contributed by atoms with van der Waals surface area (Å²) in [5, 5.41) is 13.6. The summed E-state index contributed by atoms with van der Waals surface area (Å²) in [6, 6.07) is 17.6. The molecule has 1 saturated heterocycles. The molecule has 7 rings (SSSR count). The zero-order valence-electron chi connectivity index (χ0n) is 22.1. The average Bonchev–Trinajstić information content (AvgIpc) is 3.67. The van der Waals surface area contributed by atoms with Crippen LogP contribution in [0.25, 0.3) is 43.9 Å². The molecular weight excluding hydrogens is 492 g/mol. The number of aromatic amines is 1. The molecule has 5 aromatic rings. The third-order valence-electron chi connectivity index (χ3n) is 8.28. The Labute approximate surface area is 225 Å². The van der Waals surface area contributed by atoms with Gasteiger partial charge in [-0.2, -0.15) is 10.2 Å². The summed E-state index contributed by atoms with van der Waals surface area (Å²) >= 11 is 1.87. The molecule has 1 amide bonds. The van der Waals surface area contributed by atoms with Crippen molar-refractivity contribution in [2.24, 2.45) is 7.05 Å². The number of likely N-dealkylation sites (N-methyl/N-ethyl adjacent to an activating group) is 1. The minimum Gasteiger partial charge on any atom is -0.343 e. The van der Waals surface area contributed by atoms with E-state index >= 15 is 0 Å². The van der Waals surface area contributed by atoms with Gasteiger partial charge in [-0.05, 0) is 37.1 Å². The van der Waals surface area contributed by atoms with Crippen molar-refractivity contribution in [3.8, 4) is 33.0 Å². The summed E-state index contributed by atoms with van der Waals surface area (Å²) in [5.41, 5.74) is 8.92. The van der Waals surface area contributed by atoms with Gasteiger partial charge in [-0.15, -0.1) is 11.3 Å². The smallest absolute Gasteiger partial charge is 0.242 e. The molecule has 0 atom stereocenters. The SMILES string of the molecule is CN1CCN(Cc2ccc(-c3cc4c(s3)Cc3c(-c5ccc6cnn(C)c6c5)n[nH]c3-4)cc2)C(C)(C)C1=O. The summed E-state index contributed by atoms with van der Waals surface area (Å²) in [7, 11) is 3.86. The molecule has 2 aromatic carbocycles. The van der Waals surface area contributed by atoms with Crippen LogP contribution in [0.3, 0.4) is 0 Å². The maximum Gasteiger partial charge on any atom is 0.242 e. The second-order valence-corrected chi connectivity index (χ2v) is 12.1. The van der Waals surface area contributed by atoms with Gasteiger partial charge in [0, 0.05) is 72.0 Å². The van der Waals surface area contributed by atoms with E-state index in [0.29, 0.717) is 0 Å². The van der Waals surface area contributed by atoms with Crippen LogP contribution >= 0.6 is 11.3 Å². The largest absolute Gasteiger partial charge is 0.343 e. The van der Waals surface area contributed by atoms with Crippen LogP contribution < -0.4 is 0 Å². The number of aromatic nitrogens is 4. The zero-order valence-corrected chi connectivity index (χ0v) is 22.9. The van der Waals surface area contributed by atoms with E-state index in [9.17, 15) is 4.79 Å². The topological polar surface area (TPSA) is 70.0 Å². The van der Waals surface area contributed by atoms with Gasteiger partial charge in [0.15, 0.2) is 0 Å². The van der Waals surface area contributed by atoms with E-state index in [-0.39, 0.29) is 5.91 Å². The zero-order chi connectivity index (χ0) is 26.2. The van der Waals surface area contributed by atoms with Crippen molar-refractivity contribution >= 4 is 28.1 Å². The first-order valence-electron chi connectivity index (χ1n) is 13.0. The molecule has 0 saturated carbocycles.